The third-order valence-electron chi connectivity index (χ3n) is 4.10. The average Bonchev–Trinajstić information content (AvgIpc) is 3.38. The van der Waals surface area contributed by atoms with E-state index in [1.54, 1.807) is 12.1 Å². The molecule has 1 saturated carbocycles. The van der Waals surface area contributed by atoms with Crippen molar-refractivity contribution in [3.63, 3.8) is 0 Å². The van der Waals surface area contributed by atoms with Crippen molar-refractivity contribution < 1.29 is 26.7 Å². The van der Waals surface area contributed by atoms with Gasteiger partial charge in [0.1, 0.15) is 17.2 Å². The fourth-order valence-corrected chi connectivity index (χ4v) is 4.11. The van der Waals surface area contributed by atoms with Gasteiger partial charge in [-0.2, -0.15) is 4.72 Å². The number of carbonyl (C=O) groups is 1. The van der Waals surface area contributed by atoms with Crippen LogP contribution in [0, 0.1) is 11.6 Å². The van der Waals surface area contributed by atoms with Gasteiger partial charge in [-0.3, -0.25) is 4.79 Å². The second kappa shape index (κ2) is 7.20. The number of aromatic nitrogens is 1. The Hall–Kier alpha value is -2.59. The van der Waals surface area contributed by atoms with Crippen molar-refractivity contribution >= 4 is 21.6 Å². The fourth-order valence-electron chi connectivity index (χ4n) is 2.50. The second-order valence-electron chi connectivity index (χ2n) is 6.22. The molecule has 1 aliphatic rings. The van der Waals surface area contributed by atoms with Gasteiger partial charge in [0.05, 0.1) is 24.7 Å². The molecule has 1 aromatic heterocycles. The highest BCUT2D eigenvalue weighted by Gasteiger charge is 2.52. The van der Waals surface area contributed by atoms with E-state index in [0.717, 1.165) is 12.1 Å². The summed E-state index contributed by atoms with van der Waals surface area (Å²) in [5.41, 5.74) is -1.08. The second-order valence-corrected chi connectivity index (χ2v) is 7.94. The van der Waals surface area contributed by atoms with Gasteiger partial charge in [-0.1, -0.05) is 6.07 Å². The van der Waals surface area contributed by atoms with Crippen molar-refractivity contribution in [1.82, 2.24) is 9.71 Å². The van der Waals surface area contributed by atoms with E-state index in [2.05, 4.69) is 15.0 Å². The lowest BCUT2D eigenvalue weighted by Crippen LogP contribution is -2.46. The van der Waals surface area contributed by atoms with Gasteiger partial charge in [-0.25, -0.2) is 22.2 Å². The number of hydrogen-bond donors (Lipinski definition) is 2. The summed E-state index contributed by atoms with van der Waals surface area (Å²) >= 11 is 0. The number of methoxy groups -OCH3 is 1. The number of benzene rings is 1. The Bertz CT molecular complexity index is 961. The SMILES string of the molecule is COc1ccc(NC(=O)C2(NS(=O)(=O)Cc3ccc(F)cc3F)CC2)cn1. The third-order valence-corrected chi connectivity index (χ3v) is 5.49. The first kappa shape index (κ1) is 19.2. The Balaban J connectivity index is 1.68. The lowest BCUT2D eigenvalue weighted by Gasteiger charge is -2.17. The molecular formula is C17H17F2N3O4S. The Morgan fingerprint density at radius 2 is 2.00 bits per heavy atom. The number of rotatable bonds is 7. The molecule has 0 spiro atoms. The quantitative estimate of drug-likeness (QED) is 0.744. The minimum Gasteiger partial charge on any atom is -0.481 e. The summed E-state index contributed by atoms with van der Waals surface area (Å²) in [6.45, 7) is 0. The molecule has 1 aliphatic carbocycles. The molecular weight excluding hydrogens is 380 g/mol. The number of nitrogens with zero attached hydrogens (tertiary/aromatic N) is 1. The van der Waals surface area contributed by atoms with Gasteiger partial charge in [0.15, 0.2) is 0 Å². The normalized spacial score (nSPS) is 15.2. The van der Waals surface area contributed by atoms with Gasteiger partial charge in [-0.05, 0) is 25.0 Å². The van der Waals surface area contributed by atoms with Crippen LogP contribution in [0.25, 0.3) is 0 Å². The number of pyridine rings is 1. The molecule has 2 N–H and O–H groups in total. The lowest BCUT2D eigenvalue weighted by atomic mass is 10.2. The summed E-state index contributed by atoms with van der Waals surface area (Å²) in [5, 5.41) is 2.59. The maximum absolute atomic E-state index is 13.7. The molecule has 7 nitrogen and oxygen atoms in total. The molecule has 1 amide bonds. The minimum atomic E-state index is -4.02. The molecule has 2 aromatic rings. The van der Waals surface area contributed by atoms with E-state index in [4.69, 9.17) is 4.74 Å². The number of amides is 1. The van der Waals surface area contributed by atoms with Crippen molar-refractivity contribution in [2.75, 3.05) is 12.4 Å². The van der Waals surface area contributed by atoms with E-state index in [1.165, 1.54) is 13.3 Å². The molecule has 10 heteroatoms. The molecule has 1 fully saturated rings. The zero-order valence-corrected chi connectivity index (χ0v) is 15.1. The monoisotopic (exact) mass is 397 g/mol. The highest BCUT2D eigenvalue weighted by molar-refractivity contribution is 7.88. The van der Waals surface area contributed by atoms with E-state index < -0.39 is 38.9 Å². The Labute approximate surface area is 154 Å². The summed E-state index contributed by atoms with van der Waals surface area (Å²) in [7, 11) is -2.57. The summed E-state index contributed by atoms with van der Waals surface area (Å²) in [6, 6.07) is 5.77. The topological polar surface area (TPSA) is 97.4 Å². The summed E-state index contributed by atoms with van der Waals surface area (Å²) in [4.78, 5) is 16.4. The predicted octanol–water partition coefficient (Wildman–Crippen LogP) is 1.96. The van der Waals surface area contributed by atoms with Gasteiger partial charge in [-0.15, -0.1) is 0 Å². The molecule has 27 heavy (non-hydrogen) atoms. The zero-order valence-electron chi connectivity index (χ0n) is 14.3. The van der Waals surface area contributed by atoms with Crippen LogP contribution in [0.2, 0.25) is 0 Å². The number of hydrogen-bond acceptors (Lipinski definition) is 5. The Morgan fingerprint density at radius 1 is 1.26 bits per heavy atom. The van der Waals surface area contributed by atoms with E-state index >= 15 is 0 Å². The van der Waals surface area contributed by atoms with Crippen LogP contribution in [-0.2, 0) is 20.6 Å². The highest BCUT2D eigenvalue weighted by atomic mass is 32.2. The predicted molar refractivity (Wildman–Crippen MR) is 93.5 cm³/mol. The van der Waals surface area contributed by atoms with Gasteiger partial charge < -0.3 is 10.1 Å². The first-order valence-corrected chi connectivity index (χ1v) is 9.65. The molecule has 3 rings (SSSR count). The highest BCUT2D eigenvalue weighted by Crippen LogP contribution is 2.37. The van der Waals surface area contributed by atoms with Crippen LogP contribution in [0.3, 0.4) is 0 Å². The molecule has 0 bridgehead atoms. The summed E-state index contributed by atoms with van der Waals surface area (Å²) in [5.74, 6) is -2.61. The molecule has 0 aliphatic heterocycles. The average molecular weight is 397 g/mol. The molecule has 144 valence electrons. The van der Waals surface area contributed by atoms with Crippen molar-refractivity contribution in [1.29, 1.82) is 0 Å². The van der Waals surface area contributed by atoms with Gasteiger partial charge in [0, 0.05) is 17.7 Å². The largest absolute Gasteiger partial charge is 0.481 e. The number of ether oxygens (including phenoxy) is 1. The Morgan fingerprint density at radius 3 is 2.56 bits per heavy atom. The zero-order chi connectivity index (χ0) is 19.7. The summed E-state index contributed by atoms with van der Waals surface area (Å²) in [6.07, 6.45) is 2.01. The minimum absolute atomic E-state index is 0.181. The molecule has 0 atom stereocenters. The number of anilines is 1. The van der Waals surface area contributed by atoms with Crippen molar-refractivity contribution in [3.8, 4) is 5.88 Å². The van der Waals surface area contributed by atoms with Crippen LogP contribution >= 0.6 is 0 Å². The lowest BCUT2D eigenvalue weighted by molar-refractivity contribution is -0.118. The summed E-state index contributed by atoms with van der Waals surface area (Å²) < 4.78 is 58.6. The van der Waals surface area contributed by atoms with Crippen LogP contribution < -0.4 is 14.8 Å². The van der Waals surface area contributed by atoms with Crippen LogP contribution in [0.4, 0.5) is 14.5 Å². The number of carbonyl (C=O) groups excluding carboxylic acids is 1. The molecule has 1 aromatic carbocycles. The fraction of sp³-hybridized carbons (Fsp3) is 0.294. The smallest absolute Gasteiger partial charge is 0.245 e. The van der Waals surface area contributed by atoms with Crippen LogP contribution in [0.15, 0.2) is 36.5 Å². The van der Waals surface area contributed by atoms with E-state index in [0.29, 0.717) is 30.5 Å². The first-order chi connectivity index (χ1) is 12.7. The van der Waals surface area contributed by atoms with Gasteiger partial charge in [0.2, 0.25) is 21.8 Å². The third kappa shape index (κ3) is 4.58. The van der Waals surface area contributed by atoms with E-state index in [9.17, 15) is 22.0 Å². The molecule has 0 radical (unpaired) electrons. The van der Waals surface area contributed by atoms with Gasteiger partial charge >= 0.3 is 0 Å². The van der Waals surface area contributed by atoms with Gasteiger partial charge in [0.25, 0.3) is 0 Å². The number of nitrogens with one attached hydrogen (secondary N) is 2. The molecule has 1 heterocycles. The molecule has 0 saturated heterocycles. The van der Waals surface area contributed by atoms with Crippen LogP contribution in [-0.4, -0.2) is 32.0 Å². The van der Waals surface area contributed by atoms with E-state index in [-0.39, 0.29) is 5.56 Å². The van der Waals surface area contributed by atoms with Crippen molar-refractivity contribution in [2.24, 2.45) is 0 Å². The standard InChI is InChI=1S/C17H17F2N3O4S/c1-26-15-5-4-13(9-20-15)21-16(23)17(6-7-17)22-27(24,25)10-11-2-3-12(18)8-14(11)19/h2-5,8-9,22H,6-7,10H2,1H3,(H,21,23). The van der Waals surface area contributed by atoms with Crippen LogP contribution in [0.5, 0.6) is 5.88 Å². The first-order valence-electron chi connectivity index (χ1n) is 8.00. The Kier molecular flexibility index (Phi) is 5.11. The number of halogens is 2. The van der Waals surface area contributed by atoms with Crippen molar-refractivity contribution in [2.45, 2.75) is 24.1 Å². The molecule has 0 unspecified atom stereocenters. The number of sulfonamides is 1. The van der Waals surface area contributed by atoms with E-state index in [1.807, 2.05) is 0 Å². The maximum Gasteiger partial charge on any atom is 0.245 e. The van der Waals surface area contributed by atoms with Crippen molar-refractivity contribution in [3.05, 3.63) is 53.7 Å². The maximum atomic E-state index is 13.7. The van der Waals surface area contributed by atoms with Crippen LogP contribution in [0.1, 0.15) is 18.4 Å².